The fourth-order valence-electron chi connectivity index (χ4n) is 2.92. The monoisotopic (exact) mass is 329 g/mol. The first-order valence-corrected chi connectivity index (χ1v) is 7.32. The van der Waals surface area contributed by atoms with Gasteiger partial charge in [-0.25, -0.2) is 9.59 Å². The molecular weight excluding hydrogens is 314 g/mol. The second-order valence-corrected chi connectivity index (χ2v) is 5.56. The second-order valence-electron chi connectivity index (χ2n) is 5.56. The first kappa shape index (κ1) is 15.7. The molecule has 2 aromatic rings. The first-order chi connectivity index (χ1) is 11.4. The van der Waals surface area contributed by atoms with Gasteiger partial charge in [0.15, 0.2) is 6.04 Å². The number of hydrogen-bond acceptors (Lipinski definition) is 4. The molecule has 1 amide bonds. The molecule has 0 fully saturated rings. The van der Waals surface area contributed by atoms with E-state index < -0.39 is 29.2 Å². The van der Waals surface area contributed by atoms with Crippen LogP contribution < -0.4 is 11.2 Å². The molecule has 24 heavy (non-hydrogen) atoms. The molecule has 0 saturated carbocycles. The zero-order chi connectivity index (χ0) is 17.4. The van der Waals surface area contributed by atoms with E-state index in [9.17, 15) is 24.3 Å². The number of fused-ring (bicyclic) bond motifs is 1. The van der Waals surface area contributed by atoms with Gasteiger partial charge >= 0.3 is 11.7 Å². The molecule has 124 valence electrons. The van der Waals surface area contributed by atoms with Crippen LogP contribution in [-0.4, -0.2) is 38.0 Å². The fraction of sp³-hybridized carbons (Fsp3) is 0.250. The summed E-state index contributed by atoms with van der Waals surface area (Å²) in [6, 6.07) is 5.85. The molecule has 0 radical (unpaired) electrons. The van der Waals surface area contributed by atoms with Crippen LogP contribution >= 0.6 is 0 Å². The fourth-order valence-corrected chi connectivity index (χ4v) is 2.92. The minimum absolute atomic E-state index is 0.176. The standard InChI is InChI=1S/C16H15N3O5/c1-18-13(20)11(8-17-16(18)24)14(21)19-7-6-9-4-2-3-5-10(9)12(19)15(22)23/h2-5,8,12H,6-7H2,1H3,(H,17,24)(H,22,23). The molecule has 0 bridgehead atoms. The number of hydrogen-bond donors (Lipinski definition) is 2. The van der Waals surface area contributed by atoms with Crippen molar-refractivity contribution >= 4 is 11.9 Å². The highest BCUT2D eigenvalue weighted by Gasteiger charge is 2.37. The molecular formula is C16H15N3O5. The Morgan fingerprint density at radius 3 is 2.67 bits per heavy atom. The summed E-state index contributed by atoms with van der Waals surface area (Å²) in [5.41, 5.74) is -0.265. The molecule has 1 aliphatic heterocycles. The van der Waals surface area contributed by atoms with Crippen LogP contribution in [0.1, 0.15) is 27.5 Å². The van der Waals surface area contributed by atoms with E-state index in [1.807, 2.05) is 12.1 Å². The third-order valence-electron chi connectivity index (χ3n) is 4.19. The Kier molecular flexibility index (Phi) is 3.80. The van der Waals surface area contributed by atoms with Gasteiger partial charge in [-0.2, -0.15) is 0 Å². The maximum absolute atomic E-state index is 12.7. The van der Waals surface area contributed by atoms with E-state index in [2.05, 4.69) is 4.98 Å². The summed E-state index contributed by atoms with van der Waals surface area (Å²) >= 11 is 0. The number of amides is 1. The van der Waals surface area contributed by atoms with Crippen molar-refractivity contribution in [2.45, 2.75) is 12.5 Å². The molecule has 1 aromatic heterocycles. The molecule has 2 N–H and O–H groups in total. The first-order valence-electron chi connectivity index (χ1n) is 7.32. The zero-order valence-electron chi connectivity index (χ0n) is 12.9. The molecule has 8 heteroatoms. The Morgan fingerprint density at radius 1 is 1.25 bits per heavy atom. The van der Waals surface area contributed by atoms with Gasteiger partial charge in [0.05, 0.1) is 0 Å². The van der Waals surface area contributed by atoms with Crippen molar-refractivity contribution in [1.29, 1.82) is 0 Å². The molecule has 0 aliphatic carbocycles. The number of aromatic amines is 1. The number of aromatic nitrogens is 2. The van der Waals surface area contributed by atoms with Crippen LogP contribution in [0.4, 0.5) is 0 Å². The average Bonchev–Trinajstić information content (AvgIpc) is 2.58. The van der Waals surface area contributed by atoms with E-state index in [0.717, 1.165) is 21.2 Å². The summed E-state index contributed by atoms with van der Waals surface area (Å²) < 4.78 is 0.779. The van der Waals surface area contributed by atoms with Crippen LogP contribution in [0.5, 0.6) is 0 Å². The highest BCUT2D eigenvalue weighted by Crippen LogP contribution is 2.30. The minimum atomic E-state index is -1.17. The molecule has 0 saturated heterocycles. The summed E-state index contributed by atoms with van der Waals surface area (Å²) in [5, 5.41) is 9.58. The van der Waals surface area contributed by atoms with Crippen molar-refractivity contribution in [3.05, 3.63) is 68.0 Å². The maximum atomic E-state index is 12.7. The Balaban J connectivity index is 2.08. The number of carboxylic acids is 1. The van der Waals surface area contributed by atoms with Crippen molar-refractivity contribution in [2.75, 3.05) is 6.54 Å². The third-order valence-corrected chi connectivity index (χ3v) is 4.19. The number of aliphatic carboxylic acids is 1. The van der Waals surface area contributed by atoms with Gasteiger partial charge in [0, 0.05) is 19.8 Å². The molecule has 1 atom stereocenters. The lowest BCUT2D eigenvalue weighted by atomic mass is 9.92. The third kappa shape index (κ3) is 2.41. The van der Waals surface area contributed by atoms with Gasteiger partial charge in [-0.3, -0.25) is 14.2 Å². The average molecular weight is 329 g/mol. The van der Waals surface area contributed by atoms with Crippen LogP contribution in [0.25, 0.3) is 0 Å². The van der Waals surface area contributed by atoms with Gasteiger partial charge in [-0.05, 0) is 17.5 Å². The predicted octanol–water partition coefficient (Wildman–Crippen LogP) is -0.102. The summed E-state index contributed by atoms with van der Waals surface area (Å²) in [7, 11) is 1.25. The number of carbonyl (C=O) groups is 2. The Morgan fingerprint density at radius 2 is 1.96 bits per heavy atom. The van der Waals surface area contributed by atoms with E-state index in [1.165, 1.54) is 7.05 Å². The van der Waals surface area contributed by atoms with Gasteiger partial charge in [0.2, 0.25) is 0 Å². The minimum Gasteiger partial charge on any atom is -0.479 e. The number of carbonyl (C=O) groups excluding carboxylic acids is 1. The van der Waals surface area contributed by atoms with E-state index in [4.69, 9.17) is 0 Å². The van der Waals surface area contributed by atoms with Crippen molar-refractivity contribution in [3.8, 4) is 0 Å². The van der Waals surface area contributed by atoms with Crippen molar-refractivity contribution in [1.82, 2.24) is 14.5 Å². The van der Waals surface area contributed by atoms with Gasteiger partial charge in [0.25, 0.3) is 11.5 Å². The number of H-pyrrole nitrogens is 1. The summed E-state index contributed by atoms with van der Waals surface area (Å²) in [5.74, 6) is -1.88. The van der Waals surface area contributed by atoms with Crippen LogP contribution in [0.15, 0.2) is 40.1 Å². The van der Waals surface area contributed by atoms with Gasteiger partial charge in [0.1, 0.15) is 5.56 Å². The number of carboxylic acid groups (broad SMARTS) is 1. The van der Waals surface area contributed by atoms with Crippen molar-refractivity contribution in [2.24, 2.45) is 7.05 Å². The van der Waals surface area contributed by atoms with Gasteiger partial charge in [-0.15, -0.1) is 0 Å². The van der Waals surface area contributed by atoms with Crippen LogP contribution in [-0.2, 0) is 18.3 Å². The topological polar surface area (TPSA) is 112 Å². The largest absolute Gasteiger partial charge is 0.479 e. The lowest BCUT2D eigenvalue weighted by Crippen LogP contribution is -2.46. The molecule has 3 rings (SSSR count). The number of nitrogens with one attached hydrogen (secondary N) is 1. The van der Waals surface area contributed by atoms with E-state index in [-0.39, 0.29) is 12.1 Å². The lowest BCUT2D eigenvalue weighted by molar-refractivity contribution is -0.143. The molecule has 1 unspecified atom stereocenters. The van der Waals surface area contributed by atoms with Crippen LogP contribution in [0.3, 0.4) is 0 Å². The summed E-state index contributed by atoms with van der Waals surface area (Å²) in [6.45, 7) is 0.176. The van der Waals surface area contributed by atoms with Crippen molar-refractivity contribution < 1.29 is 14.7 Å². The summed E-state index contributed by atoms with van der Waals surface area (Å²) in [4.78, 5) is 51.5. The van der Waals surface area contributed by atoms with E-state index in [0.29, 0.717) is 12.0 Å². The quantitative estimate of drug-likeness (QED) is 0.799. The van der Waals surface area contributed by atoms with Crippen LogP contribution in [0, 0.1) is 0 Å². The smallest absolute Gasteiger partial charge is 0.331 e. The molecule has 1 aliphatic rings. The normalized spacial score (nSPS) is 16.5. The molecule has 8 nitrogen and oxygen atoms in total. The van der Waals surface area contributed by atoms with Gasteiger partial charge < -0.3 is 15.0 Å². The number of rotatable bonds is 2. The SMILES string of the molecule is Cn1c(=O)[nH]cc(C(=O)N2CCc3ccccc3C2C(=O)O)c1=O. The maximum Gasteiger partial charge on any atom is 0.331 e. The second kappa shape index (κ2) is 5.80. The lowest BCUT2D eigenvalue weighted by Gasteiger charge is -2.34. The Hall–Kier alpha value is -3.16. The van der Waals surface area contributed by atoms with Crippen LogP contribution in [0.2, 0.25) is 0 Å². The highest BCUT2D eigenvalue weighted by molar-refractivity contribution is 5.96. The number of benzene rings is 1. The zero-order valence-corrected chi connectivity index (χ0v) is 12.9. The summed E-state index contributed by atoms with van der Waals surface area (Å²) in [6.07, 6.45) is 1.53. The Bertz CT molecular complexity index is 943. The van der Waals surface area contributed by atoms with E-state index >= 15 is 0 Å². The predicted molar refractivity (Wildman–Crippen MR) is 83.9 cm³/mol. The van der Waals surface area contributed by atoms with Crippen molar-refractivity contribution in [3.63, 3.8) is 0 Å². The number of nitrogens with zero attached hydrogens (tertiary/aromatic N) is 2. The van der Waals surface area contributed by atoms with E-state index in [1.54, 1.807) is 12.1 Å². The van der Waals surface area contributed by atoms with Gasteiger partial charge in [-0.1, -0.05) is 24.3 Å². The Labute approximate surface area is 136 Å². The molecule has 0 spiro atoms. The molecule has 1 aromatic carbocycles. The molecule has 2 heterocycles. The highest BCUT2D eigenvalue weighted by atomic mass is 16.4.